The van der Waals surface area contributed by atoms with Gasteiger partial charge in [-0.15, -0.1) is 0 Å². The summed E-state index contributed by atoms with van der Waals surface area (Å²) in [6.07, 6.45) is 3.99. The number of nitrogens with zero attached hydrogens (tertiary/aromatic N) is 1. The molecule has 37 heavy (non-hydrogen) atoms. The molecule has 0 saturated carbocycles. The van der Waals surface area contributed by atoms with E-state index in [0.717, 1.165) is 73.9 Å². The van der Waals surface area contributed by atoms with Crippen molar-refractivity contribution in [1.29, 1.82) is 0 Å². The zero-order valence-corrected chi connectivity index (χ0v) is 21.7. The molecule has 0 amide bonds. The van der Waals surface area contributed by atoms with Crippen molar-refractivity contribution in [3.05, 3.63) is 47.2 Å². The predicted octanol–water partition coefficient (Wildman–Crippen LogP) is 6.09. The zero-order chi connectivity index (χ0) is 26.2. The number of aromatic nitrogens is 1. The molecule has 8 heteroatoms. The number of hydrogen-bond donors (Lipinski definition) is 1. The van der Waals surface area contributed by atoms with Crippen LogP contribution in [-0.4, -0.2) is 55.3 Å². The zero-order valence-electron chi connectivity index (χ0n) is 21.7. The standard InChI is InChI=1S/C29H37F3N2O3/c1-3-37-26(35)6-8-28(10-14-36-15-11-28)9-13-34-12-7-20-16-25-27(19(2)23(20)18-34)22-17-21(29(30,31)32)4-5-24(22)33-25/h4-6,8,17,19-20,23,33H,3,7,9-16,18H2,1-2H3/b8-6+/t19-,20-,23-/m1/s1. The largest absolute Gasteiger partial charge is 0.463 e. The summed E-state index contributed by atoms with van der Waals surface area (Å²) in [6, 6.07) is 4.08. The Morgan fingerprint density at radius 3 is 2.81 bits per heavy atom. The molecule has 0 bridgehead atoms. The average Bonchev–Trinajstić information content (AvgIpc) is 3.25. The smallest absolute Gasteiger partial charge is 0.416 e. The van der Waals surface area contributed by atoms with E-state index < -0.39 is 11.7 Å². The molecule has 5 rings (SSSR count). The highest BCUT2D eigenvalue weighted by Crippen LogP contribution is 2.47. The minimum absolute atomic E-state index is 0.0714. The first-order valence-electron chi connectivity index (χ1n) is 13.6. The van der Waals surface area contributed by atoms with E-state index in [-0.39, 0.29) is 17.3 Å². The number of rotatable bonds is 6. The van der Waals surface area contributed by atoms with Crippen LogP contribution in [0.3, 0.4) is 0 Å². The predicted molar refractivity (Wildman–Crippen MR) is 136 cm³/mol. The van der Waals surface area contributed by atoms with Crippen LogP contribution in [0.2, 0.25) is 0 Å². The van der Waals surface area contributed by atoms with Gasteiger partial charge < -0.3 is 19.4 Å². The van der Waals surface area contributed by atoms with E-state index in [4.69, 9.17) is 9.47 Å². The fourth-order valence-electron chi connectivity index (χ4n) is 6.82. The number of halogens is 3. The number of carbonyl (C=O) groups excluding carboxylic acids is 1. The molecule has 5 nitrogen and oxygen atoms in total. The molecule has 0 radical (unpaired) electrons. The molecule has 1 aromatic heterocycles. The maximum absolute atomic E-state index is 13.4. The summed E-state index contributed by atoms with van der Waals surface area (Å²) >= 11 is 0. The first-order valence-corrected chi connectivity index (χ1v) is 13.6. The fraction of sp³-hybridized carbons (Fsp3) is 0.621. The normalized spacial score (nSPS) is 26.2. The van der Waals surface area contributed by atoms with E-state index in [2.05, 4.69) is 16.8 Å². The monoisotopic (exact) mass is 518 g/mol. The van der Waals surface area contributed by atoms with Crippen LogP contribution in [0, 0.1) is 17.3 Å². The Labute approximate surface area is 216 Å². The number of esters is 1. The maximum Gasteiger partial charge on any atom is 0.416 e. The molecule has 2 aliphatic heterocycles. The van der Waals surface area contributed by atoms with Gasteiger partial charge in [-0.05, 0) is 99.0 Å². The Kier molecular flexibility index (Phi) is 7.42. The van der Waals surface area contributed by atoms with E-state index in [1.54, 1.807) is 19.1 Å². The molecule has 0 spiro atoms. The number of aromatic amines is 1. The topological polar surface area (TPSA) is 54.6 Å². The van der Waals surface area contributed by atoms with E-state index >= 15 is 0 Å². The molecule has 2 saturated heterocycles. The summed E-state index contributed by atoms with van der Waals surface area (Å²) in [7, 11) is 0. The lowest BCUT2D eigenvalue weighted by Gasteiger charge is -2.45. The van der Waals surface area contributed by atoms with Crippen LogP contribution in [0.5, 0.6) is 0 Å². The second-order valence-electron chi connectivity index (χ2n) is 11.1. The fourth-order valence-corrected chi connectivity index (χ4v) is 6.82. The number of fused-ring (bicyclic) bond motifs is 4. The van der Waals surface area contributed by atoms with Gasteiger partial charge in [0.1, 0.15) is 0 Å². The molecule has 3 atom stereocenters. The van der Waals surface area contributed by atoms with Gasteiger partial charge in [0, 0.05) is 42.4 Å². The molecule has 0 unspecified atom stereocenters. The number of H-pyrrole nitrogens is 1. The number of benzene rings is 1. The summed E-state index contributed by atoms with van der Waals surface area (Å²) in [5, 5.41) is 0.721. The highest BCUT2D eigenvalue weighted by Gasteiger charge is 2.41. The van der Waals surface area contributed by atoms with Gasteiger partial charge >= 0.3 is 12.1 Å². The number of likely N-dealkylation sites (tertiary alicyclic amines) is 1. The number of piperidine rings is 1. The Morgan fingerprint density at radius 2 is 2.08 bits per heavy atom. The summed E-state index contributed by atoms with van der Waals surface area (Å²) in [4.78, 5) is 17.9. The van der Waals surface area contributed by atoms with Gasteiger partial charge in [-0.3, -0.25) is 0 Å². The van der Waals surface area contributed by atoms with E-state index in [0.29, 0.717) is 31.7 Å². The van der Waals surface area contributed by atoms with Crippen LogP contribution in [0.25, 0.3) is 10.9 Å². The molecule has 3 aliphatic rings. The Morgan fingerprint density at radius 1 is 1.30 bits per heavy atom. The Hall–Kier alpha value is -2.32. The van der Waals surface area contributed by atoms with Crippen molar-refractivity contribution in [3.8, 4) is 0 Å². The molecule has 2 aromatic rings. The number of allylic oxidation sites excluding steroid dienone is 1. The first kappa shape index (κ1) is 26.3. The van der Waals surface area contributed by atoms with Gasteiger partial charge in [0.15, 0.2) is 0 Å². The van der Waals surface area contributed by atoms with Gasteiger partial charge in [-0.1, -0.05) is 13.0 Å². The van der Waals surface area contributed by atoms with E-state index in [9.17, 15) is 18.0 Å². The minimum Gasteiger partial charge on any atom is -0.463 e. The van der Waals surface area contributed by atoms with Crippen LogP contribution in [0.1, 0.15) is 62.3 Å². The van der Waals surface area contributed by atoms with Gasteiger partial charge in [-0.25, -0.2) is 4.79 Å². The second-order valence-corrected chi connectivity index (χ2v) is 11.1. The number of alkyl halides is 3. The third-order valence-electron chi connectivity index (χ3n) is 8.98. The van der Waals surface area contributed by atoms with Gasteiger partial charge in [0.25, 0.3) is 0 Å². The van der Waals surface area contributed by atoms with Crippen molar-refractivity contribution >= 4 is 16.9 Å². The van der Waals surface area contributed by atoms with Crippen molar-refractivity contribution < 1.29 is 27.4 Å². The summed E-state index contributed by atoms with van der Waals surface area (Å²) in [6.45, 7) is 8.65. The molecular weight excluding hydrogens is 481 g/mol. The molecule has 1 aliphatic carbocycles. The summed E-state index contributed by atoms with van der Waals surface area (Å²) in [5.41, 5.74) is 2.33. The van der Waals surface area contributed by atoms with E-state index in [1.165, 1.54) is 12.1 Å². The number of ether oxygens (including phenoxy) is 2. The summed E-state index contributed by atoms with van der Waals surface area (Å²) in [5.74, 6) is 0.841. The van der Waals surface area contributed by atoms with Crippen molar-refractivity contribution in [2.45, 2.75) is 58.0 Å². The number of nitrogens with one attached hydrogen (secondary N) is 1. The quantitative estimate of drug-likeness (QED) is 0.371. The third-order valence-corrected chi connectivity index (χ3v) is 8.98. The van der Waals surface area contributed by atoms with Gasteiger partial charge in [-0.2, -0.15) is 13.2 Å². The van der Waals surface area contributed by atoms with Crippen molar-refractivity contribution in [2.24, 2.45) is 17.3 Å². The lowest BCUT2D eigenvalue weighted by molar-refractivity contribution is -0.138. The van der Waals surface area contributed by atoms with Crippen LogP contribution in [0.4, 0.5) is 13.2 Å². The van der Waals surface area contributed by atoms with Crippen molar-refractivity contribution in [3.63, 3.8) is 0 Å². The molecular formula is C29H37F3N2O3. The summed E-state index contributed by atoms with van der Waals surface area (Å²) < 4.78 is 51.0. The van der Waals surface area contributed by atoms with Gasteiger partial charge in [0.2, 0.25) is 0 Å². The number of carbonyl (C=O) groups is 1. The number of hydrogen-bond acceptors (Lipinski definition) is 4. The molecule has 1 N–H and O–H groups in total. The first-order chi connectivity index (χ1) is 17.7. The maximum atomic E-state index is 13.4. The molecule has 1 aromatic carbocycles. The van der Waals surface area contributed by atoms with Crippen LogP contribution in [0.15, 0.2) is 30.4 Å². The second kappa shape index (κ2) is 10.4. The van der Waals surface area contributed by atoms with Gasteiger partial charge in [0.05, 0.1) is 12.2 Å². The Balaban J connectivity index is 1.30. The van der Waals surface area contributed by atoms with Crippen molar-refractivity contribution in [2.75, 3.05) is 39.5 Å². The lowest BCUT2D eigenvalue weighted by Crippen LogP contribution is -2.46. The average molecular weight is 519 g/mol. The van der Waals surface area contributed by atoms with Crippen LogP contribution >= 0.6 is 0 Å². The third kappa shape index (κ3) is 5.46. The highest BCUT2D eigenvalue weighted by atomic mass is 19.4. The van der Waals surface area contributed by atoms with Crippen LogP contribution in [-0.2, 0) is 26.9 Å². The molecule has 3 heterocycles. The molecule has 2 fully saturated rings. The van der Waals surface area contributed by atoms with Crippen LogP contribution < -0.4 is 0 Å². The highest BCUT2D eigenvalue weighted by molar-refractivity contribution is 5.86. The minimum atomic E-state index is -4.34. The molecule has 202 valence electrons. The lowest BCUT2D eigenvalue weighted by atomic mass is 9.68. The van der Waals surface area contributed by atoms with Crippen molar-refractivity contribution in [1.82, 2.24) is 9.88 Å². The Bertz CT molecular complexity index is 1150. The SMILES string of the molecule is CCOC(=O)/C=C/C1(CCN2CC[C@@H]3Cc4[nH]c5ccc(C(F)(F)F)cc5c4[C@H](C)[C@H]3C2)CCOCC1. The van der Waals surface area contributed by atoms with E-state index in [1.807, 2.05) is 6.08 Å².